The highest BCUT2D eigenvalue weighted by Gasteiger charge is 2.31. The first-order valence-corrected chi connectivity index (χ1v) is 12.7. The molecule has 1 heterocycles. The lowest BCUT2D eigenvalue weighted by atomic mass is 9.84. The van der Waals surface area contributed by atoms with E-state index in [9.17, 15) is 9.59 Å². The number of amides is 2. The lowest BCUT2D eigenvalue weighted by Gasteiger charge is -2.24. The average molecular weight is 576 g/mol. The van der Waals surface area contributed by atoms with Gasteiger partial charge >= 0.3 is 0 Å². The van der Waals surface area contributed by atoms with Gasteiger partial charge in [-0.05, 0) is 68.8 Å². The molecule has 0 aliphatic rings. The van der Waals surface area contributed by atoms with Crippen LogP contribution >= 0.6 is 46.4 Å². The van der Waals surface area contributed by atoms with Gasteiger partial charge in [-0.25, -0.2) is 4.68 Å². The summed E-state index contributed by atoms with van der Waals surface area (Å²) in [5.74, 6) is -0.990. The van der Waals surface area contributed by atoms with Crippen LogP contribution in [0.3, 0.4) is 0 Å². The molecule has 0 unspecified atom stereocenters. The third-order valence-electron chi connectivity index (χ3n) is 6.02. The number of carbonyl (C=O) groups is 2. The minimum Gasteiger partial charge on any atom is -0.272 e. The molecule has 190 valence electrons. The second kappa shape index (κ2) is 10.8. The van der Waals surface area contributed by atoms with Crippen LogP contribution in [0.4, 0.5) is 0 Å². The molecule has 0 bridgehead atoms. The van der Waals surface area contributed by atoms with Gasteiger partial charge in [-0.3, -0.25) is 20.4 Å². The Kier molecular flexibility index (Phi) is 7.85. The number of rotatable bonds is 5. The molecule has 10 heteroatoms. The molecule has 4 aromatic rings. The van der Waals surface area contributed by atoms with Gasteiger partial charge in [0, 0.05) is 26.2 Å². The zero-order chi connectivity index (χ0) is 26.9. The molecule has 0 spiro atoms. The molecule has 2 amide bonds. The molecule has 4 rings (SSSR count). The van der Waals surface area contributed by atoms with Crippen LogP contribution < -0.4 is 10.9 Å². The van der Waals surface area contributed by atoms with E-state index < -0.39 is 17.2 Å². The summed E-state index contributed by atoms with van der Waals surface area (Å²) in [5.41, 5.74) is 7.45. The van der Waals surface area contributed by atoms with E-state index in [1.165, 1.54) is 0 Å². The number of halogens is 4. The summed E-state index contributed by atoms with van der Waals surface area (Å²) in [4.78, 5) is 26.2. The Morgan fingerprint density at radius 3 is 1.97 bits per heavy atom. The topological polar surface area (TPSA) is 76.0 Å². The highest BCUT2D eigenvalue weighted by molar-refractivity contribution is 6.35. The maximum absolute atomic E-state index is 13.2. The number of nitrogens with zero attached hydrogens (tertiary/aromatic N) is 2. The lowest BCUT2D eigenvalue weighted by Crippen LogP contribution is -2.49. The Labute approximate surface area is 234 Å². The van der Waals surface area contributed by atoms with Gasteiger partial charge in [-0.15, -0.1) is 0 Å². The minimum atomic E-state index is -0.933. The van der Waals surface area contributed by atoms with Gasteiger partial charge in [0.1, 0.15) is 0 Å². The van der Waals surface area contributed by atoms with Crippen LogP contribution in [0.25, 0.3) is 16.9 Å². The zero-order valence-electron chi connectivity index (χ0n) is 20.1. The predicted molar refractivity (Wildman–Crippen MR) is 149 cm³/mol. The Balaban J connectivity index is 1.66. The number of nitrogens with one attached hydrogen (secondary N) is 2. The lowest BCUT2D eigenvalue weighted by molar-refractivity contribution is -0.126. The van der Waals surface area contributed by atoms with Crippen LogP contribution in [0.5, 0.6) is 0 Å². The molecule has 0 atom stereocenters. The number of carbonyl (C=O) groups excluding carboxylic acids is 2. The number of hydrazine groups is 1. The quantitative estimate of drug-likeness (QED) is 0.247. The van der Waals surface area contributed by atoms with Crippen LogP contribution in [-0.4, -0.2) is 21.6 Å². The maximum Gasteiger partial charge on any atom is 0.290 e. The average Bonchev–Trinajstić information content (AvgIpc) is 3.19. The second-order valence-corrected chi connectivity index (χ2v) is 10.6. The van der Waals surface area contributed by atoms with Crippen LogP contribution in [0.15, 0.2) is 66.7 Å². The molecule has 0 saturated carbocycles. The van der Waals surface area contributed by atoms with Gasteiger partial charge in [0.05, 0.1) is 21.8 Å². The van der Waals surface area contributed by atoms with Gasteiger partial charge in [0.2, 0.25) is 5.91 Å². The van der Waals surface area contributed by atoms with Gasteiger partial charge in [0.15, 0.2) is 5.69 Å². The molecule has 3 aromatic carbocycles. The molecule has 0 saturated heterocycles. The van der Waals surface area contributed by atoms with E-state index in [1.807, 2.05) is 12.1 Å². The van der Waals surface area contributed by atoms with E-state index in [2.05, 4.69) is 16.0 Å². The summed E-state index contributed by atoms with van der Waals surface area (Å²) in [6.07, 6.45) is 0. The number of hydrogen-bond donors (Lipinski definition) is 2. The fraction of sp³-hybridized carbons (Fsp3) is 0.148. The third kappa shape index (κ3) is 5.63. The molecule has 0 aliphatic carbocycles. The summed E-state index contributed by atoms with van der Waals surface area (Å²) in [5, 5.41) is 6.52. The van der Waals surface area contributed by atoms with Crippen molar-refractivity contribution in [2.75, 3.05) is 0 Å². The van der Waals surface area contributed by atoms with E-state index >= 15 is 0 Å². The smallest absolute Gasteiger partial charge is 0.272 e. The summed E-state index contributed by atoms with van der Waals surface area (Å²) in [7, 11) is 0. The van der Waals surface area contributed by atoms with E-state index in [1.54, 1.807) is 80.1 Å². The molecule has 0 fully saturated rings. The maximum atomic E-state index is 13.2. The van der Waals surface area contributed by atoms with Crippen molar-refractivity contribution in [3.05, 3.63) is 104 Å². The number of hydrogen-bond acceptors (Lipinski definition) is 3. The van der Waals surface area contributed by atoms with E-state index in [0.29, 0.717) is 37.0 Å². The van der Waals surface area contributed by atoms with Crippen molar-refractivity contribution in [1.29, 1.82) is 0 Å². The fourth-order valence-electron chi connectivity index (χ4n) is 3.81. The minimum absolute atomic E-state index is 0.112. The highest BCUT2D eigenvalue weighted by Crippen LogP contribution is 2.33. The molecule has 2 N–H and O–H groups in total. The van der Waals surface area contributed by atoms with Crippen molar-refractivity contribution in [2.45, 2.75) is 26.2 Å². The molecule has 0 radical (unpaired) electrons. The van der Waals surface area contributed by atoms with Crippen LogP contribution in [0.2, 0.25) is 20.1 Å². The summed E-state index contributed by atoms with van der Waals surface area (Å²) >= 11 is 24.6. The Bertz CT molecular complexity index is 1480. The Morgan fingerprint density at radius 2 is 1.38 bits per heavy atom. The van der Waals surface area contributed by atoms with Gasteiger partial charge < -0.3 is 0 Å². The Morgan fingerprint density at radius 1 is 0.811 bits per heavy atom. The van der Waals surface area contributed by atoms with Crippen molar-refractivity contribution in [3.8, 4) is 16.9 Å². The van der Waals surface area contributed by atoms with Crippen molar-refractivity contribution in [1.82, 2.24) is 20.6 Å². The Hall–Kier alpha value is -3.03. The van der Waals surface area contributed by atoms with E-state index in [4.69, 9.17) is 46.4 Å². The summed E-state index contributed by atoms with van der Waals surface area (Å²) in [6.45, 7) is 5.27. The molecule has 1 aromatic heterocycles. The highest BCUT2D eigenvalue weighted by atomic mass is 35.5. The van der Waals surface area contributed by atoms with Gasteiger partial charge in [0.25, 0.3) is 5.91 Å². The van der Waals surface area contributed by atoms with Gasteiger partial charge in [-0.2, -0.15) is 5.10 Å². The molecular weight excluding hydrogens is 554 g/mol. The van der Waals surface area contributed by atoms with Crippen LogP contribution in [0, 0.1) is 6.92 Å². The summed E-state index contributed by atoms with van der Waals surface area (Å²) in [6, 6.07) is 19.1. The summed E-state index contributed by atoms with van der Waals surface area (Å²) < 4.78 is 1.58. The molecule has 0 aliphatic heterocycles. The zero-order valence-corrected chi connectivity index (χ0v) is 23.1. The standard InChI is InChI=1S/C27H22Cl4N4O2/c1-15-23(25(36)32-33-26(37)27(2,3)17-6-10-19(29)11-7-17)34-35(22-13-12-20(30)14-21(22)31)24(15)16-4-8-18(28)9-5-16/h4-14H,1-3H3,(H,32,36)(H,33,37). The fourth-order valence-corrected chi connectivity index (χ4v) is 4.55. The number of aromatic nitrogens is 2. The second-order valence-electron chi connectivity index (χ2n) is 8.88. The van der Waals surface area contributed by atoms with Crippen molar-refractivity contribution in [2.24, 2.45) is 0 Å². The monoisotopic (exact) mass is 574 g/mol. The molecular formula is C27H22Cl4N4O2. The van der Waals surface area contributed by atoms with Crippen molar-refractivity contribution >= 4 is 58.2 Å². The first-order valence-electron chi connectivity index (χ1n) is 11.2. The van der Waals surface area contributed by atoms with Crippen molar-refractivity contribution in [3.63, 3.8) is 0 Å². The van der Waals surface area contributed by atoms with E-state index in [-0.39, 0.29) is 5.69 Å². The van der Waals surface area contributed by atoms with Crippen LogP contribution in [-0.2, 0) is 10.2 Å². The SMILES string of the molecule is Cc1c(C(=O)NNC(=O)C(C)(C)c2ccc(Cl)cc2)nn(-c2ccc(Cl)cc2Cl)c1-c1ccc(Cl)cc1. The van der Waals surface area contributed by atoms with Crippen molar-refractivity contribution < 1.29 is 9.59 Å². The van der Waals surface area contributed by atoms with E-state index in [0.717, 1.165) is 11.1 Å². The first-order chi connectivity index (χ1) is 17.5. The number of benzene rings is 3. The van der Waals surface area contributed by atoms with Gasteiger partial charge in [-0.1, -0.05) is 70.7 Å². The molecule has 6 nitrogen and oxygen atoms in total. The normalized spacial score (nSPS) is 11.3. The predicted octanol–water partition coefficient (Wildman–Crippen LogP) is 7.20. The molecule has 37 heavy (non-hydrogen) atoms. The first kappa shape index (κ1) is 27.0. The third-order valence-corrected chi connectivity index (χ3v) is 7.06. The van der Waals surface area contributed by atoms with Crippen LogP contribution in [0.1, 0.15) is 35.5 Å². The largest absolute Gasteiger partial charge is 0.290 e.